The molecule has 4 nitrogen and oxygen atoms in total. The first-order valence-corrected chi connectivity index (χ1v) is 7.51. The lowest BCUT2D eigenvalue weighted by molar-refractivity contribution is 0.199. The van der Waals surface area contributed by atoms with Gasteiger partial charge in [0, 0.05) is 32.4 Å². The van der Waals surface area contributed by atoms with Crippen molar-refractivity contribution >= 4 is 0 Å². The summed E-state index contributed by atoms with van der Waals surface area (Å²) in [5.74, 6) is 0.886. The van der Waals surface area contributed by atoms with Gasteiger partial charge in [0.05, 0.1) is 18.6 Å². The van der Waals surface area contributed by atoms with E-state index in [4.69, 9.17) is 4.74 Å². The summed E-state index contributed by atoms with van der Waals surface area (Å²) in [6.45, 7) is 4.91. The van der Waals surface area contributed by atoms with E-state index in [1.54, 1.807) is 7.11 Å². The molecule has 0 spiro atoms. The van der Waals surface area contributed by atoms with Gasteiger partial charge >= 0.3 is 0 Å². The van der Waals surface area contributed by atoms with Gasteiger partial charge in [-0.2, -0.15) is 0 Å². The van der Waals surface area contributed by atoms with Crippen molar-refractivity contribution in [1.82, 2.24) is 14.9 Å². The minimum absolute atomic E-state index is 0.645. The molecule has 2 unspecified atom stereocenters. The maximum absolute atomic E-state index is 5.05. The second-order valence-corrected chi connectivity index (χ2v) is 5.73. The number of hydrogen-bond acceptors (Lipinski definition) is 3. The van der Waals surface area contributed by atoms with E-state index in [0.717, 1.165) is 25.6 Å². The van der Waals surface area contributed by atoms with Crippen molar-refractivity contribution in [2.24, 2.45) is 5.92 Å². The van der Waals surface area contributed by atoms with E-state index in [0.29, 0.717) is 6.04 Å². The second kappa shape index (κ2) is 7.65. The minimum Gasteiger partial charge on any atom is -0.383 e. The van der Waals surface area contributed by atoms with Crippen LogP contribution in [0.5, 0.6) is 0 Å². The molecule has 0 radical (unpaired) electrons. The molecule has 19 heavy (non-hydrogen) atoms. The van der Waals surface area contributed by atoms with Gasteiger partial charge in [-0.1, -0.05) is 19.8 Å². The summed E-state index contributed by atoms with van der Waals surface area (Å²) in [5, 5.41) is 3.41. The Morgan fingerprint density at radius 2 is 2.26 bits per heavy atom. The Labute approximate surface area is 116 Å². The molecule has 2 rings (SSSR count). The molecule has 1 N–H and O–H groups in total. The molecule has 0 saturated heterocycles. The van der Waals surface area contributed by atoms with Crippen LogP contribution in [0.4, 0.5) is 0 Å². The standard InChI is InChI=1S/C15H27N3O/c1-13-4-3-5-14(7-6-13)18-12-17-11-15(18)10-16-8-9-19-2/h11-14,16H,3-10H2,1-2H3. The molecule has 1 aromatic rings. The van der Waals surface area contributed by atoms with Gasteiger partial charge in [0.2, 0.25) is 0 Å². The Bertz CT molecular complexity index is 364. The molecule has 1 heterocycles. The van der Waals surface area contributed by atoms with E-state index in [-0.39, 0.29) is 0 Å². The van der Waals surface area contributed by atoms with Gasteiger partial charge in [-0.25, -0.2) is 4.98 Å². The van der Waals surface area contributed by atoms with E-state index in [2.05, 4.69) is 21.8 Å². The summed E-state index contributed by atoms with van der Waals surface area (Å²) >= 11 is 0. The topological polar surface area (TPSA) is 39.1 Å². The zero-order valence-corrected chi connectivity index (χ0v) is 12.3. The van der Waals surface area contributed by atoms with E-state index >= 15 is 0 Å². The van der Waals surface area contributed by atoms with Crippen LogP contribution in [0.1, 0.15) is 50.8 Å². The third-order valence-corrected chi connectivity index (χ3v) is 4.16. The monoisotopic (exact) mass is 265 g/mol. The summed E-state index contributed by atoms with van der Waals surface area (Å²) < 4.78 is 7.44. The number of rotatable bonds is 6. The molecular weight excluding hydrogens is 238 g/mol. The number of hydrogen-bond donors (Lipinski definition) is 1. The molecule has 4 heteroatoms. The van der Waals surface area contributed by atoms with Crippen molar-refractivity contribution in [3.8, 4) is 0 Å². The number of ether oxygens (including phenoxy) is 1. The molecule has 0 aliphatic heterocycles. The number of aromatic nitrogens is 2. The zero-order chi connectivity index (χ0) is 13.5. The zero-order valence-electron chi connectivity index (χ0n) is 12.3. The number of nitrogens with one attached hydrogen (secondary N) is 1. The maximum atomic E-state index is 5.05. The first kappa shape index (κ1) is 14.5. The van der Waals surface area contributed by atoms with E-state index < -0.39 is 0 Å². The third-order valence-electron chi connectivity index (χ3n) is 4.16. The van der Waals surface area contributed by atoms with Crippen LogP contribution in [0.15, 0.2) is 12.5 Å². The fourth-order valence-electron chi connectivity index (χ4n) is 2.93. The Balaban J connectivity index is 1.90. The van der Waals surface area contributed by atoms with Crippen molar-refractivity contribution in [2.75, 3.05) is 20.3 Å². The molecular formula is C15H27N3O. The van der Waals surface area contributed by atoms with Crippen LogP contribution in [-0.2, 0) is 11.3 Å². The van der Waals surface area contributed by atoms with Gasteiger partial charge in [0.1, 0.15) is 0 Å². The average molecular weight is 265 g/mol. The van der Waals surface area contributed by atoms with E-state index in [9.17, 15) is 0 Å². The highest BCUT2D eigenvalue weighted by Gasteiger charge is 2.19. The van der Waals surface area contributed by atoms with Gasteiger partial charge < -0.3 is 14.6 Å². The molecule has 1 saturated carbocycles. The Kier molecular flexibility index (Phi) is 5.86. The van der Waals surface area contributed by atoms with Crippen molar-refractivity contribution in [3.05, 3.63) is 18.2 Å². The van der Waals surface area contributed by atoms with E-state index in [1.165, 1.54) is 37.8 Å². The average Bonchev–Trinajstić information content (AvgIpc) is 2.77. The molecule has 0 bridgehead atoms. The predicted octanol–water partition coefficient (Wildman–Crippen LogP) is 2.76. The number of nitrogens with zero attached hydrogens (tertiary/aromatic N) is 2. The van der Waals surface area contributed by atoms with Crippen molar-refractivity contribution in [3.63, 3.8) is 0 Å². The first-order valence-electron chi connectivity index (χ1n) is 7.51. The highest BCUT2D eigenvalue weighted by Crippen LogP contribution is 2.30. The fraction of sp³-hybridized carbons (Fsp3) is 0.800. The van der Waals surface area contributed by atoms with Gasteiger partial charge in [0.25, 0.3) is 0 Å². The summed E-state index contributed by atoms with van der Waals surface area (Å²) in [7, 11) is 1.73. The van der Waals surface area contributed by atoms with Crippen LogP contribution in [0.25, 0.3) is 0 Å². The summed E-state index contributed by atoms with van der Waals surface area (Å²) in [4.78, 5) is 4.34. The maximum Gasteiger partial charge on any atom is 0.0951 e. The molecule has 1 aliphatic rings. The van der Waals surface area contributed by atoms with Crippen LogP contribution in [0.3, 0.4) is 0 Å². The number of methoxy groups -OCH3 is 1. The van der Waals surface area contributed by atoms with Gasteiger partial charge in [0.15, 0.2) is 0 Å². The largest absolute Gasteiger partial charge is 0.383 e. The SMILES string of the molecule is COCCNCc1cncn1C1CCCC(C)CC1. The molecule has 1 aromatic heterocycles. The Hall–Kier alpha value is -0.870. The molecule has 0 aromatic carbocycles. The lowest BCUT2D eigenvalue weighted by Gasteiger charge is -2.19. The van der Waals surface area contributed by atoms with E-state index in [1.807, 2.05) is 12.5 Å². The second-order valence-electron chi connectivity index (χ2n) is 5.73. The molecule has 2 atom stereocenters. The third kappa shape index (κ3) is 4.32. The molecule has 1 aliphatic carbocycles. The summed E-state index contributed by atoms with van der Waals surface area (Å²) in [5.41, 5.74) is 1.30. The quantitative estimate of drug-likeness (QED) is 0.635. The highest BCUT2D eigenvalue weighted by molar-refractivity contribution is 5.00. The summed E-state index contributed by atoms with van der Waals surface area (Å²) in [6.07, 6.45) is 10.7. The predicted molar refractivity (Wildman–Crippen MR) is 77.1 cm³/mol. The van der Waals surface area contributed by atoms with Gasteiger partial charge in [-0.15, -0.1) is 0 Å². The van der Waals surface area contributed by atoms with Crippen LogP contribution in [0, 0.1) is 5.92 Å². The van der Waals surface area contributed by atoms with Crippen LogP contribution >= 0.6 is 0 Å². The molecule has 108 valence electrons. The molecule has 1 fully saturated rings. The lowest BCUT2D eigenvalue weighted by Crippen LogP contribution is -2.21. The fourth-order valence-corrected chi connectivity index (χ4v) is 2.93. The minimum atomic E-state index is 0.645. The first-order chi connectivity index (χ1) is 9.31. The van der Waals surface area contributed by atoms with Crippen molar-refractivity contribution < 1.29 is 4.74 Å². The highest BCUT2D eigenvalue weighted by atomic mass is 16.5. The smallest absolute Gasteiger partial charge is 0.0951 e. The Morgan fingerprint density at radius 3 is 3.11 bits per heavy atom. The normalized spacial score (nSPS) is 24.3. The van der Waals surface area contributed by atoms with Crippen LogP contribution in [-0.4, -0.2) is 29.8 Å². The lowest BCUT2D eigenvalue weighted by atomic mass is 10.0. The molecule has 0 amide bonds. The van der Waals surface area contributed by atoms with Crippen molar-refractivity contribution in [2.45, 2.75) is 51.6 Å². The van der Waals surface area contributed by atoms with Gasteiger partial charge in [-0.05, 0) is 25.2 Å². The Morgan fingerprint density at radius 1 is 1.37 bits per heavy atom. The van der Waals surface area contributed by atoms with Crippen molar-refractivity contribution in [1.29, 1.82) is 0 Å². The number of imidazole rings is 1. The summed E-state index contributed by atoms with van der Waals surface area (Å²) in [6, 6.07) is 0.645. The van der Waals surface area contributed by atoms with Crippen LogP contribution < -0.4 is 5.32 Å². The van der Waals surface area contributed by atoms with Crippen LogP contribution in [0.2, 0.25) is 0 Å². The van der Waals surface area contributed by atoms with Gasteiger partial charge in [-0.3, -0.25) is 0 Å².